The SMILES string of the molecule is CCOC(=O)N1CCC(NCCNC(=O)Cc2ccc(OC)cc2)CC1. The van der Waals surface area contributed by atoms with E-state index < -0.39 is 0 Å². The smallest absolute Gasteiger partial charge is 0.409 e. The number of hydrogen-bond donors (Lipinski definition) is 2. The fourth-order valence-electron chi connectivity index (χ4n) is 2.95. The highest BCUT2D eigenvalue weighted by Gasteiger charge is 2.22. The van der Waals surface area contributed by atoms with Gasteiger partial charge >= 0.3 is 6.09 Å². The van der Waals surface area contributed by atoms with Gasteiger partial charge in [-0.2, -0.15) is 0 Å². The molecule has 1 aromatic rings. The summed E-state index contributed by atoms with van der Waals surface area (Å²) in [5.41, 5.74) is 0.961. The Morgan fingerprint density at radius 1 is 1.15 bits per heavy atom. The highest BCUT2D eigenvalue weighted by molar-refractivity contribution is 5.78. The van der Waals surface area contributed by atoms with Crippen LogP contribution in [0.3, 0.4) is 0 Å². The van der Waals surface area contributed by atoms with Gasteiger partial charge < -0.3 is 25.0 Å². The van der Waals surface area contributed by atoms with Crippen LogP contribution in [0.1, 0.15) is 25.3 Å². The summed E-state index contributed by atoms with van der Waals surface area (Å²) in [6.45, 7) is 4.95. The van der Waals surface area contributed by atoms with E-state index in [9.17, 15) is 9.59 Å². The van der Waals surface area contributed by atoms with E-state index in [1.807, 2.05) is 31.2 Å². The fourth-order valence-corrected chi connectivity index (χ4v) is 2.95. The van der Waals surface area contributed by atoms with Crippen LogP contribution in [0.5, 0.6) is 5.75 Å². The maximum Gasteiger partial charge on any atom is 0.409 e. The minimum atomic E-state index is -0.225. The van der Waals surface area contributed by atoms with Crippen LogP contribution in [0, 0.1) is 0 Å². The van der Waals surface area contributed by atoms with Crippen molar-refractivity contribution in [1.82, 2.24) is 15.5 Å². The highest BCUT2D eigenvalue weighted by atomic mass is 16.6. The van der Waals surface area contributed by atoms with E-state index in [2.05, 4.69) is 10.6 Å². The molecule has 0 radical (unpaired) electrons. The number of methoxy groups -OCH3 is 1. The third kappa shape index (κ3) is 6.55. The number of hydrogen-bond acceptors (Lipinski definition) is 5. The third-order valence-electron chi connectivity index (χ3n) is 4.42. The summed E-state index contributed by atoms with van der Waals surface area (Å²) in [6.07, 6.45) is 1.94. The number of rotatable bonds is 8. The van der Waals surface area contributed by atoms with Gasteiger partial charge in [-0.15, -0.1) is 0 Å². The number of carbonyl (C=O) groups excluding carboxylic acids is 2. The molecular formula is C19H29N3O4. The molecule has 0 unspecified atom stereocenters. The molecule has 0 aliphatic carbocycles. The largest absolute Gasteiger partial charge is 0.497 e. The summed E-state index contributed by atoms with van der Waals surface area (Å²) >= 11 is 0. The lowest BCUT2D eigenvalue weighted by Gasteiger charge is -2.31. The highest BCUT2D eigenvalue weighted by Crippen LogP contribution is 2.12. The second-order valence-corrected chi connectivity index (χ2v) is 6.29. The van der Waals surface area contributed by atoms with Crippen LogP contribution in [0.25, 0.3) is 0 Å². The van der Waals surface area contributed by atoms with E-state index in [0.29, 0.717) is 38.7 Å². The Morgan fingerprint density at radius 3 is 2.46 bits per heavy atom. The number of amides is 2. The monoisotopic (exact) mass is 363 g/mol. The summed E-state index contributed by atoms with van der Waals surface area (Å²) in [4.78, 5) is 25.4. The van der Waals surface area contributed by atoms with Gasteiger partial charge in [0.25, 0.3) is 0 Å². The first-order chi connectivity index (χ1) is 12.6. The van der Waals surface area contributed by atoms with E-state index >= 15 is 0 Å². The number of nitrogens with zero attached hydrogens (tertiary/aromatic N) is 1. The lowest BCUT2D eigenvalue weighted by atomic mass is 10.1. The number of benzene rings is 1. The first-order valence-corrected chi connectivity index (χ1v) is 9.17. The molecule has 7 heteroatoms. The molecule has 2 N–H and O–H groups in total. The first-order valence-electron chi connectivity index (χ1n) is 9.17. The van der Waals surface area contributed by atoms with E-state index in [0.717, 1.165) is 30.7 Å². The second-order valence-electron chi connectivity index (χ2n) is 6.29. The molecule has 1 aromatic carbocycles. The molecule has 7 nitrogen and oxygen atoms in total. The van der Waals surface area contributed by atoms with Gasteiger partial charge in [-0.1, -0.05) is 12.1 Å². The standard InChI is InChI=1S/C19H29N3O4/c1-3-26-19(24)22-12-8-16(9-13-22)20-10-11-21-18(23)14-15-4-6-17(25-2)7-5-15/h4-7,16,20H,3,8-14H2,1-2H3,(H,21,23). The molecule has 1 saturated heterocycles. The van der Waals surface area contributed by atoms with Gasteiger partial charge in [-0.3, -0.25) is 4.79 Å². The van der Waals surface area contributed by atoms with Crippen LogP contribution in [0.2, 0.25) is 0 Å². The Morgan fingerprint density at radius 2 is 1.85 bits per heavy atom. The van der Waals surface area contributed by atoms with Crippen molar-refractivity contribution in [2.75, 3.05) is 39.9 Å². The molecule has 1 aliphatic rings. The maximum atomic E-state index is 12.0. The number of nitrogens with one attached hydrogen (secondary N) is 2. The summed E-state index contributed by atoms with van der Waals surface area (Å²) in [7, 11) is 1.62. The molecule has 0 bridgehead atoms. The summed E-state index contributed by atoms with van der Waals surface area (Å²) in [5, 5.41) is 6.36. The molecule has 1 heterocycles. The van der Waals surface area contributed by atoms with Crippen molar-refractivity contribution in [3.8, 4) is 5.75 Å². The Labute approximate surface area is 155 Å². The molecule has 0 aromatic heterocycles. The van der Waals surface area contributed by atoms with Crippen molar-refractivity contribution in [1.29, 1.82) is 0 Å². The first kappa shape index (κ1) is 20.0. The molecule has 0 spiro atoms. The molecule has 0 saturated carbocycles. The zero-order valence-electron chi connectivity index (χ0n) is 15.6. The third-order valence-corrected chi connectivity index (χ3v) is 4.42. The van der Waals surface area contributed by atoms with Gasteiger partial charge in [-0.25, -0.2) is 4.79 Å². The van der Waals surface area contributed by atoms with Crippen LogP contribution in [0.15, 0.2) is 24.3 Å². The Kier molecular flexibility index (Phi) is 8.21. The van der Waals surface area contributed by atoms with Crippen molar-refractivity contribution in [2.24, 2.45) is 0 Å². The maximum absolute atomic E-state index is 12.0. The van der Waals surface area contributed by atoms with Gasteiger partial charge in [0, 0.05) is 32.2 Å². The zero-order chi connectivity index (χ0) is 18.8. The fraction of sp³-hybridized carbons (Fsp3) is 0.579. The second kappa shape index (κ2) is 10.7. The molecule has 144 valence electrons. The molecule has 2 rings (SSSR count). The minimum absolute atomic E-state index is 0.00842. The summed E-state index contributed by atoms with van der Waals surface area (Å²) < 4.78 is 10.1. The molecule has 1 aliphatic heterocycles. The van der Waals surface area contributed by atoms with Crippen molar-refractivity contribution in [3.05, 3.63) is 29.8 Å². The molecule has 1 fully saturated rings. The summed E-state index contributed by atoms with van der Waals surface area (Å²) in [5.74, 6) is 0.793. The number of carbonyl (C=O) groups is 2. The van der Waals surface area contributed by atoms with Crippen LogP contribution >= 0.6 is 0 Å². The van der Waals surface area contributed by atoms with Gasteiger partial charge in [-0.05, 0) is 37.5 Å². The van der Waals surface area contributed by atoms with Crippen LogP contribution in [-0.4, -0.2) is 62.8 Å². The predicted molar refractivity (Wildman–Crippen MR) is 99.3 cm³/mol. The van der Waals surface area contributed by atoms with Crippen LogP contribution in [0.4, 0.5) is 4.79 Å². The predicted octanol–water partition coefficient (Wildman–Crippen LogP) is 1.56. The molecule has 26 heavy (non-hydrogen) atoms. The Balaban J connectivity index is 1.57. The lowest BCUT2D eigenvalue weighted by molar-refractivity contribution is -0.120. The molecule has 0 atom stereocenters. The van der Waals surface area contributed by atoms with Crippen molar-refractivity contribution >= 4 is 12.0 Å². The minimum Gasteiger partial charge on any atom is -0.497 e. The average Bonchev–Trinajstić information content (AvgIpc) is 2.66. The van der Waals surface area contributed by atoms with Gasteiger partial charge in [0.05, 0.1) is 20.1 Å². The average molecular weight is 363 g/mol. The molecular weight excluding hydrogens is 334 g/mol. The quantitative estimate of drug-likeness (QED) is 0.685. The number of ether oxygens (including phenoxy) is 2. The van der Waals surface area contributed by atoms with Gasteiger partial charge in [0.15, 0.2) is 0 Å². The van der Waals surface area contributed by atoms with Crippen molar-refractivity contribution in [2.45, 2.75) is 32.2 Å². The summed E-state index contributed by atoms with van der Waals surface area (Å²) in [6, 6.07) is 7.88. The molecule has 2 amide bonds. The number of likely N-dealkylation sites (tertiary alicyclic amines) is 1. The van der Waals surface area contributed by atoms with Crippen LogP contribution in [-0.2, 0) is 16.0 Å². The van der Waals surface area contributed by atoms with Gasteiger partial charge in [0.2, 0.25) is 5.91 Å². The number of piperidine rings is 1. The van der Waals surface area contributed by atoms with E-state index in [4.69, 9.17) is 9.47 Å². The van der Waals surface area contributed by atoms with E-state index in [1.54, 1.807) is 12.0 Å². The Hall–Kier alpha value is -2.28. The van der Waals surface area contributed by atoms with E-state index in [-0.39, 0.29) is 12.0 Å². The van der Waals surface area contributed by atoms with Crippen molar-refractivity contribution < 1.29 is 19.1 Å². The zero-order valence-corrected chi connectivity index (χ0v) is 15.6. The van der Waals surface area contributed by atoms with E-state index in [1.165, 1.54) is 0 Å². The topological polar surface area (TPSA) is 79.9 Å². The Bertz CT molecular complexity index is 569. The van der Waals surface area contributed by atoms with Gasteiger partial charge in [0.1, 0.15) is 5.75 Å². The normalized spacial score (nSPS) is 14.8. The van der Waals surface area contributed by atoms with Crippen LogP contribution < -0.4 is 15.4 Å². The lowest BCUT2D eigenvalue weighted by Crippen LogP contribution is -2.46. The van der Waals surface area contributed by atoms with Crippen molar-refractivity contribution in [3.63, 3.8) is 0 Å².